The second-order valence-electron chi connectivity index (χ2n) is 8.07. The molecule has 0 spiro atoms. The molecule has 1 fully saturated rings. The molecule has 7 heteroatoms. The van der Waals surface area contributed by atoms with E-state index in [0.29, 0.717) is 19.4 Å². The predicted octanol–water partition coefficient (Wildman–Crippen LogP) is 3.09. The van der Waals surface area contributed by atoms with E-state index < -0.39 is 17.4 Å². The van der Waals surface area contributed by atoms with Crippen molar-refractivity contribution in [2.75, 3.05) is 6.54 Å². The van der Waals surface area contributed by atoms with Crippen molar-refractivity contribution < 1.29 is 23.5 Å². The summed E-state index contributed by atoms with van der Waals surface area (Å²) in [5.41, 5.74) is -1.40. The minimum absolute atomic E-state index is 0.0950. The smallest absolute Gasteiger partial charge is 0.412 e. The maximum Gasteiger partial charge on any atom is 0.412 e. The Hall–Kier alpha value is -2.02. The number of amides is 2. The van der Waals surface area contributed by atoms with Gasteiger partial charge in [-0.3, -0.25) is 9.69 Å². The SMILES string of the molecule is CC1OC(C)(C)N(C(=O)OC(C)(C)C)C1CNC(=O)CCc1ccco1. The fraction of sp³-hybridized carbons (Fsp3) is 0.684. The van der Waals surface area contributed by atoms with Crippen molar-refractivity contribution >= 4 is 12.0 Å². The van der Waals surface area contributed by atoms with Crippen molar-refractivity contribution in [1.29, 1.82) is 0 Å². The molecule has 2 rings (SSSR count). The molecular formula is C19H30N2O5. The first-order valence-electron chi connectivity index (χ1n) is 8.99. The molecule has 26 heavy (non-hydrogen) atoms. The average molecular weight is 366 g/mol. The van der Waals surface area contributed by atoms with Crippen LogP contribution in [0.1, 0.15) is 53.7 Å². The molecule has 0 saturated carbocycles. The number of hydrogen-bond acceptors (Lipinski definition) is 5. The monoisotopic (exact) mass is 366 g/mol. The number of aryl methyl sites for hydroxylation is 1. The summed E-state index contributed by atoms with van der Waals surface area (Å²) in [7, 11) is 0. The van der Waals surface area contributed by atoms with Crippen molar-refractivity contribution in [3.8, 4) is 0 Å². The largest absolute Gasteiger partial charge is 0.469 e. The summed E-state index contributed by atoms with van der Waals surface area (Å²) in [6.07, 6.45) is 1.79. The maximum atomic E-state index is 12.7. The van der Waals surface area contributed by atoms with E-state index in [0.717, 1.165) is 5.76 Å². The number of nitrogens with zero attached hydrogens (tertiary/aromatic N) is 1. The molecular weight excluding hydrogens is 336 g/mol. The molecule has 0 radical (unpaired) electrons. The molecule has 2 amide bonds. The van der Waals surface area contributed by atoms with Gasteiger partial charge in [-0.15, -0.1) is 0 Å². The van der Waals surface area contributed by atoms with Crippen LogP contribution < -0.4 is 5.32 Å². The number of furan rings is 1. The lowest BCUT2D eigenvalue weighted by Gasteiger charge is -2.35. The molecule has 0 aliphatic carbocycles. The molecule has 7 nitrogen and oxygen atoms in total. The number of rotatable bonds is 5. The summed E-state index contributed by atoms with van der Waals surface area (Å²) < 4.78 is 16.7. The maximum absolute atomic E-state index is 12.7. The summed E-state index contributed by atoms with van der Waals surface area (Å²) in [4.78, 5) is 26.4. The first kappa shape index (κ1) is 20.3. The number of hydrogen-bond donors (Lipinski definition) is 1. The van der Waals surface area contributed by atoms with E-state index in [1.165, 1.54) is 0 Å². The van der Waals surface area contributed by atoms with Gasteiger partial charge in [-0.2, -0.15) is 0 Å². The average Bonchev–Trinajstić information content (AvgIpc) is 3.06. The molecule has 1 N–H and O–H groups in total. The van der Waals surface area contributed by atoms with E-state index in [9.17, 15) is 9.59 Å². The summed E-state index contributed by atoms with van der Waals surface area (Å²) >= 11 is 0. The predicted molar refractivity (Wildman–Crippen MR) is 96.5 cm³/mol. The quantitative estimate of drug-likeness (QED) is 0.866. The van der Waals surface area contributed by atoms with Crippen LogP contribution in [0.3, 0.4) is 0 Å². The number of carbonyl (C=O) groups excluding carboxylic acids is 2. The van der Waals surface area contributed by atoms with Crippen LogP contribution in [0.25, 0.3) is 0 Å². The molecule has 2 atom stereocenters. The molecule has 1 aliphatic heterocycles. The zero-order chi connectivity index (χ0) is 19.5. The molecule has 0 aromatic carbocycles. The van der Waals surface area contributed by atoms with Crippen molar-refractivity contribution in [2.24, 2.45) is 0 Å². The Bertz CT molecular complexity index is 618. The van der Waals surface area contributed by atoms with Crippen LogP contribution in [0.15, 0.2) is 22.8 Å². The second-order valence-corrected chi connectivity index (χ2v) is 8.07. The van der Waals surface area contributed by atoms with E-state index >= 15 is 0 Å². The Labute approximate surface area is 155 Å². The lowest BCUT2D eigenvalue weighted by Crippen LogP contribution is -2.53. The lowest BCUT2D eigenvalue weighted by atomic mass is 10.1. The normalized spacial score (nSPS) is 22.3. The number of carbonyl (C=O) groups is 2. The zero-order valence-electron chi connectivity index (χ0n) is 16.5. The molecule has 2 unspecified atom stereocenters. The van der Waals surface area contributed by atoms with Crippen LogP contribution in [-0.4, -0.2) is 46.9 Å². The van der Waals surface area contributed by atoms with Crippen LogP contribution in [0, 0.1) is 0 Å². The molecule has 1 aromatic heterocycles. The molecule has 1 aliphatic rings. The molecule has 146 valence electrons. The van der Waals surface area contributed by atoms with Crippen molar-refractivity contribution in [3.63, 3.8) is 0 Å². The van der Waals surface area contributed by atoms with Gasteiger partial charge >= 0.3 is 6.09 Å². The topological polar surface area (TPSA) is 81.0 Å². The van der Waals surface area contributed by atoms with Crippen molar-refractivity contribution in [2.45, 2.75) is 77.9 Å². The minimum atomic E-state index is -0.800. The molecule has 2 heterocycles. The highest BCUT2D eigenvalue weighted by Crippen LogP contribution is 2.33. The van der Waals surface area contributed by atoms with E-state index in [-0.39, 0.29) is 18.1 Å². The number of nitrogens with one attached hydrogen (secondary N) is 1. The van der Waals surface area contributed by atoms with Gasteiger partial charge in [-0.25, -0.2) is 4.79 Å². The highest BCUT2D eigenvalue weighted by molar-refractivity contribution is 5.76. The van der Waals surface area contributed by atoms with Gasteiger partial charge in [-0.1, -0.05) is 0 Å². The van der Waals surface area contributed by atoms with Gasteiger partial charge in [0, 0.05) is 19.4 Å². The van der Waals surface area contributed by atoms with Gasteiger partial charge in [0.25, 0.3) is 0 Å². The third-order valence-electron chi connectivity index (χ3n) is 4.21. The van der Waals surface area contributed by atoms with Crippen LogP contribution in [0.5, 0.6) is 0 Å². The van der Waals surface area contributed by atoms with Gasteiger partial charge < -0.3 is 19.2 Å². The van der Waals surface area contributed by atoms with Crippen LogP contribution in [0.2, 0.25) is 0 Å². The highest BCUT2D eigenvalue weighted by Gasteiger charge is 2.49. The fourth-order valence-corrected chi connectivity index (χ4v) is 3.12. The van der Waals surface area contributed by atoms with Gasteiger partial charge in [-0.05, 0) is 53.7 Å². The fourth-order valence-electron chi connectivity index (χ4n) is 3.12. The Morgan fingerprint density at radius 3 is 2.62 bits per heavy atom. The van der Waals surface area contributed by atoms with E-state index in [4.69, 9.17) is 13.9 Å². The minimum Gasteiger partial charge on any atom is -0.469 e. The van der Waals surface area contributed by atoms with Gasteiger partial charge in [0.15, 0.2) is 0 Å². The Kier molecular flexibility index (Phi) is 6.01. The molecule has 0 bridgehead atoms. The first-order chi connectivity index (χ1) is 12.0. The molecule has 1 aromatic rings. The van der Waals surface area contributed by atoms with E-state index in [1.807, 2.05) is 47.6 Å². The summed E-state index contributed by atoms with van der Waals surface area (Å²) in [5, 5.41) is 2.89. The highest BCUT2D eigenvalue weighted by atomic mass is 16.6. The van der Waals surface area contributed by atoms with Crippen molar-refractivity contribution in [1.82, 2.24) is 10.2 Å². The van der Waals surface area contributed by atoms with Crippen LogP contribution in [0.4, 0.5) is 4.79 Å². The third-order valence-corrected chi connectivity index (χ3v) is 4.21. The van der Waals surface area contributed by atoms with Crippen LogP contribution in [-0.2, 0) is 20.7 Å². The van der Waals surface area contributed by atoms with Gasteiger partial charge in [0.1, 0.15) is 17.1 Å². The summed E-state index contributed by atoms with van der Waals surface area (Å²) in [6.45, 7) is 11.3. The van der Waals surface area contributed by atoms with Crippen LogP contribution >= 0.6 is 0 Å². The van der Waals surface area contributed by atoms with Gasteiger partial charge in [0.2, 0.25) is 5.91 Å². The molecule has 1 saturated heterocycles. The van der Waals surface area contributed by atoms with E-state index in [1.54, 1.807) is 17.2 Å². The Morgan fingerprint density at radius 2 is 2.04 bits per heavy atom. The Balaban J connectivity index is 1.96. The standard InChI is InChI=1S/C19H30N2O5/c1-13-15(12-20-16(22)10-9-14-8-7-11-24-14)21(19(5,6)25-13)17(23)26-18(2,3)4/h7-8,11,13,15H,9-10,12H2,1-6H3,(H,20,22). The zero-order valence-corrected chi connectivity index (χ0v) is 16.5. The first-order valence-corrected chi connectivity index (χ1v) is 8.99. The number of ether oxygens (including phenoxy) is 2. The Morgan fingerprint density at radius 1 is 1.35 bits per heavy atom. The third kappa shape index (κ3) is 5.24. The van der Waals surface area contributed by atoms with E-state index in [2.05, 4.69) is 5.32 Å². The lowest BCUT2D eigenvalue weighted by molar-refractivity contribution is -0.121. The summed E-state index contributed by atoms with van der Waals surface area (Å²) in [5.74, 6) is 0.677. The second kappa shape index (κ2) is 7.70. The summed E-state index contributed by atoms with van der Waals surface area (Å²) in [6, 6.07) is 3.34. The van der Waals surface area contributed by atoms with Gasteiger partial charge in [0.05, 0.1) is 18.4 Å². The van der Waals surface area contributed by atoms with Crippen molar-refractivity contribution in [3.05, 3.63) is 24.2 Å².